The zero-order valence-electron chi connectivity index (χ0n) is 25.4. The van der Waals surface area contributed by atoms with Gasteiger partial charge in [-0.25, -0.2) is 0 Å². The second-order valence-corrected chi connectivity index (χ2v) is 10.7. The number of hydrogen-bond acceptors (Lipinski definition) is 5. The van der Waals surface area contributed by atoms with Gasteiger partial charge in [0, 0.05) is 20.1 Å². The Morgan fingerprint density at radius 1 is 0.692 bits per heavy atom. The van der Waals surface area contributed by atoms with E-state index in [0.717, 1.165) is 32.1 Å². The van der Waals surface area contributed by atoms with Crippen LogP contribution in [0.1, 0.15) is 130 Å². The van der Waals surface area contributed by atoms with E-state index in [9.17, 15) is 19.2 Å². The maximum Gasteiger partial charge on any atom is 0.325 e. The van der Waals surface area contributed by atoms with Crippen LogP contribution in [-0.4, -0.2) is 72.1 Å². The molecule has 39 heavy (non-hydrogen) atoms. The quantitative estimate of drug-likeness (QED) is 0.133. The van der Waals surface area contributed by atoms with Crippen LogP contribution in [0, 0.1) is 0 Å². The molecular formula is C30H57N3O6. The van der Waals surface area contributed by atoms with E-state index in [0.29, 0.717) is 13.0 Å². The second kappa shape index (κ2) is 23.7. The number of likely N-dealkylation sites (N-methyl/N-ethyl adjacent to an activating group) is 1. The van der Waals surface area contributed by atoms with Gasteiger partial charge in [0.2, 0.25) is 17.7 Å². The lowest BCUT2D eigenvalue weighted by atomic mass is 10.0. The first-order valence-electron chi connectivity index (χ1n) is 15.3. The number of unbranched alkanes of at least 4 members (excludes halogenated alkanes) is 13. The molecule has 9 heteroatoms. The fraction of sp³-hybridized carbons (Fsp3) is 0.867. The van der Waals surface area contributed by atoms with E-state index in [1.54, 1.807) is 7.05 Å². The van der Waals surface area contributed by atoms with Crippen molar-refractivity contribution in [3.05, 3.63) is 0 Å². The molecule has 3 atom stereocenters. The average Bonchev–Trinajstić information content (AvgIpc) is 2.90. The number of ether oxygens (including phenoxy) is 1. The highest BCUT2D eigenvalue weighted by Gasteiger charge is 2.29. The van der Waals surface area contributed by atoms with Crippen LogP contribution in [0.2, 0.25) is 0 Å². The molecule has 0 saturated carbocycles. The number of rotatable bonds is 25. The molecule has 0 spiro atoms. The summed E-state index contributed by atoms with van der Waals surface area (Å²) in [6.45, 7) is 7.62. The van der Waals surface area contributed by atoms with Crippen LogP contribution in [0.25, 0.3) is 0 Å². The molecule has 228 valence electrons. The van der Waals surface area contributed by atoms with E-state index < -0.39 is 35.9 Å². The van der Waals surface area contributed by atoms with Crippen molar-refractivity contribution in [2.24, 2.45) is 0 Å². The molecule has 0 heterocycles. The maximum atomic E-state index is 13.0. The Kier molecular flexibility index (Phi) is 22.4. The first-order chi connectivity index (χ1) is 18.6. The summed E-state index contributed by atoms with van der Waals surface area (Å²) in [5, 5.41) is 13.9. The Morgan fingerprint density at radius 3 is 1.64 bits per heavy atom. The number of amides is 3. The van der Waals surface area contributed by atoms with Gasteiger partial charge in [-0.3, -0.25) is 19.2 Å². The highest BCUT2D eigenvalue weighted by molar-refractivity contribution is 5.93. The van der Waals surface area contributed by atoms with Crippen LogP contribution >= 0.6 is 0 Å². The summed E-state index contributed by atoms with van der Waals surface area (Å²) in [5.74, 6) is -2.40. The Labute approximate surface area is 237 Å². The van der Waals surface area contributed by atoms with Gasteiger partial charge in [-0.15, -0.1) is 0 Å². The third-order valence-corrected chi connectivity index (χ3v) is 7.06. The first kappa shape index (κ1) is 36.8. The topological polar surface area (TPSA) is 125 Å². The zero-order valence-corrected chi connectivity index (χ0v) is 25.4. The normalized spacial score (nSPS) is 13.4. The lowest BCUT2D eigenvalue weighted by molar-refractivity contribution is -0.143. The Balaban J connectivity index is 4.49. The first-order valence-corrected chi connectivity index (χ1v) is 15.3. The van der Waals surface area contributed by atoms with Crippen molar-refractivity contribution >= 4 is 23.7 Å². The Hall–Kier alpha value is -2.16. The minimum absolute atomic E-state index is 0.0343. The van der Waals surface area contributed by atoms with Gasteiger partial charge in [0.1, 0.15) is 18.1 Å². The molecular weight excluding hydrogens is 498 g/mol. The number of carboxylic acids is 1. The number of carbonyl (C=O) groups excluding carboxylic acids is 3. The monoisotopic (exact) mass is 555 g/mol. The Morgan fingerprint density at radius 2 is 1.15 bits per heavy atom. The zero-order chi connectivity index (χ0) is 29.5. The largest absolute Gasteiger partial charge is 0.480 e. The minimum atomic E-state index is -1.16. The molecule has 3 amide bonds. The lowest BCUT2D eigenvalue weighted by Crippen LogP contribution is -2.55. The van der Waals surface area contributed by atoms with E-state index in [1.807, 2.05) is 6.92 Å². The van der Waals surface area contributed by atoms with E-state index in [1.165, 1.54) is 83.0 Å². The van der Waals surface area contributed by atoms with Crippen LogP contribution in [0.3, 0.4) is 0 Å². The lowest BCUT2D eigenvalue weighted by Gasteiger charge is -2.28. The van der Waals surface area contributed by atoms with Gasteiger partial charge in [-0.1, -0.05) is 97.3 Å². The molecule has 0 fully saturated rings. The fourth-order valence-corrected chi connectivity index (χ4v) is 4.22. The number of carboxylic acid groups (broad SMARTS) is 1. The molecule has 0 unspecified atom stereocenters. The average molecular weight is 556 g/mol. The summed E-state index contributed by atoms with van der Waals surface area (Å²) in [7, 11) is 1.59. The van der Waals surface area contributed by atoms with Crippen molar-refractivity contribution in [3.8, 4) is 0 Å². The summed E-state index contributed by atoms with van der Waals surface area (Å²) in [6, 6.07) is -2.90. The maximum absolute atomic E-state index is 13.0. The van der Waals surface area contributed by atoms with Crippen molar-refractivity contribution in [2.45, 2.75) is 149 Å². The summed E-state index contributed by atoms with van der Waals surface area (Å²) in [4.78, 5) is 50.5. The standard InChI is InChI=1S/C30H57N3O6/c1-6-8-10-11-12-13-14-15-16-17-18-19-20-21-27(34)33(5)26(23-39-22-9-7-2)29(36)31-24(3)28(35)32-25(4)30(37)38/h24-26H,6-23H2,1-5H3,(H,31,36)(H,32,35)(H,37,38)/t24-,25+,26-/m1/s1. The molecule has 0 aromatic rings. The molecule has 0 saturated heterocycles. The van der Waals surface area contributed by atoms with Gasteiger partial charge in [0.25, 0.3) is 0 Å². The van der Waals surface area contributed by atoms with E-state index in [4.69, 9.17) is 9.84 Å². The van der Waals surface area contributed by atoms with Gasteiger partial charge in [0.05, 0.1) is 6.61 Å². The molecule has 0 aliphatic heterocycles. The summed E-state index contributed by atoms with van der Waals surface area (Å²) in [6.07, 6.45) is 18.1. The van der Waals surface area contributed by atoms with Crippen molar-refractivity contribution in [2.75, 3.05) is 20.3 Å². The molecule has 9 nitrogen and oxygen atoms in total. The predicted molar refractivity (Wildman–Crippen MR) is 155 cm³/mol. The minimum Gasteiger partial charge on any atom is -0.480 e. The third kappa shape index (κ3) is 18.7. The molecule has 0 bridgehead atoms. The van der Waals surface area contributed by atoms with Crippen LogP contribution in [0.5, 0.6) is 0 Å². The van der Waals surface area contributed by atoms with Gasteiger partial charge in [0.15, 0.2) is 0 Å². The highest BCUT2D eigenvalue weighted by atomic mass is 16.5. The van der Waals surface area contributed by atoms with Crippen LogP contribution in [-0.2, 0) is 23.9 Å². The predicted octanol–water partition coefficient (Wildman–Crippen LogP) is 5.21. The SMILES string of the molecule is CCCCCCCCCCCCCCCC(=O)N(C)[C@H](COCCCC)C(=O)N[C@H](C)C(=O)N[C@@H](C)C(=O)O. The van der Waals surface area contributed by atoms with E-state index >= 15 is 0 Å². The van der Waals surface area contributed by atoms with Crippen LogP contribution in [0.15, 0.2) is 0 Å². The molecule has 0 radical (unpaired) electrons. The molecule has 0 rings (SSSR count). The number of hydrogen-bond donors (Lipinski definition) is 3. The summed E-state index contributed by atoms with van der Waals surface area (Å²) < 4.78 is 5.66. The van der Waals surface area contributed by atoms with Gasteiger partial charge < -0.3 is 25.4 Å². The van der Waals surface area contributed by atoms with Crippen LogP contribution in [0.4, 0.5) is 0 Å². The van der Waals surface area contributed by atoms with E-state index in [2.05, 4.69) is 17.6 Å². The van der Waals surface area contributed by atoms with E-state index in [-0.39, 0.29) is 12.5 Å². The summed E-state index contributed by atoms with van der Waals surface area (Å²) >= 11 is 0. The fourth-order valence-electron chi connectivity index (χ4n) is 4.22. The Bertz CT molecular complexity index is 688. The number of aliphatic carboxylic acids is 1. The van der Waals surface area contributed by atoms with Gasteiger partial charge in [-0.2, -0.15) is 0 Å². The molecule has 0 aliphatic rings. The van der Waals surface area contributed by atoms with Gasteiger partial charge in [-0.05, 0) is 26.7 Å². The smallest absolute Gasteiger partial charge is 0.325 e. The number of carbonyl (C=O) groups is 4. The molecule has 0 aliphatic carbocycles. The van der Waals surface area contributed by atoms with Crippen molar-refractivity contribution in [1.82, 2.24) is 15.5 Å². The highest BCUT2D eigenvalue weighted by Crippen LogP contribution is 2.14. The molecule has 0 aromatic carbocycles. The summed E-state index contributed by atoms with van der Waals surface area (Å²) in [5.41, 5.74) is 0. The molecule has 0 aromatic heterocycles. The number of nitrogens with one attached hydrogen (secondary N) is 2. The van der Waals surface area contributed by atoms with Crippen molar-refractivity contribution < 1.29 is 29.0 Å². The second-order valence-electron chi connectivity index (χ2n) is 10.7. The number of nitrogens with zero attached hydrogens (tertiary/aromatic N) is 1. The van der Waals surface area contributed by atoms with Crippen molar-refractivity contribution in [1.29, 1.82) is 0 Å². The molecule has 3 N–H and O–H groups in total. The van der Waals surface area contributed by atoms with Gasteiger partial charge >= 0.3 is 5.97 Å². The third-order valence-electron chi connectivity index (χ3n) is 7.06. The van der Waals surface area contributed by atoms with Crippen LogP contribution < -0.4 is 10.6 Å². The van der Waals surface area contributed by atoms with Crippen molar-refractivity contribution in [3.63, 3.8) is 0 Å².